The summed E-state index contributed by atoms with van der Waals surface area (Å²) in [6, 6.07) is 12.6. The summed E-state index contributed by atoms with van der Waals surface area (Å²) >= 11 is 7.34. The van der Waals surface area contributed by atoms with Crippen molar-refractivity contribution in [3.8, 4) is 22.9 Å². The summed E-state index contributed by atoms with van der Waals surface area (Å²) in [4.78, 5) is 12.3. The van der Waals surface area contributed by atoms with E-state index >= 15 is 0 Å². The van der Waals surface area contributed by atoms with E-state index in [0.29, 0.717) is 33.2 Å². The molecule has 7 nitrogen and oxygen atoms in total. The summed E-state index contributed by atoms with van der Waals surface area (Å²) < 4.78 is 12.3. The number of carbonyl (C=O) groups is 1. The Morgan fingerprint density at radius 1 is 1.18 bits per heavy atom. The molecule has 0 saturated heterocycles. The zero-order chi connectivity index (χ0) is 20.1. The summed E-state index contributed by atoms with van der Waals surface area (Å²) in [5.41, 5.74) is 1.44. The van der Waals surface area contributed by atoms with Gasteiger partial charge in [0, 0.05) is 23.7 Å². The SMILES string of the molecule is COc1ccc(NC(=O)CSc2nnc(-c3cccc(Cl)c3)n2C)c(OC)c1. The van der Waals surface area contributed by atoms with E-state index in [2.05, 4.69) is 15.5 Å². The lowest BCUT2D eigenvalue weighted by molar-refractivity contribution is -0.113. The molecule has 0 unspecified atom stereocenters. The number of methoxy groups -OCH3 is 2. The molecule has 0 aliphatic carbocycles. The number of aromatic nitrogens is 3. The molecule has 1 aromatic heterocycles. The van der Waals surface area contributed by atoms with Crippen molar-refractivity contribution in [3.63, 3.8) is 0 Å². The molecule has 9 heteroatoms. The van der Waals surface area contributed by atoms with Crippen molar-refractivity contribution >= 4 is 35.0 Å². The Kier molecular flexibility index (Phi) is 6.43. The number of hydrogen-bond acceptors (Lipinski definition) is 6. The van der Waals surface area contributed by atoms with Gasteiger partial charge in [-0.25, -0.2) is 0 Å². The lowest BCUT2D eigenvalue weighted by Gasteiger charge is -2.11. The molecule has 0 fully saturated rings. The molecular weight excluding hydrogens is 400 g/mol. The molecule has 1 heterocycles. The van der Waals surface area contributed by atoms with Crippen molar-refractivity contribution in [2.75, 3.05) is 25.3 Å². The molecule has 0 saturated carbocycles. The molecule has 1 amide bonds. The van der Waals surface area contributed by atoms with Crippen LogP contribution in [0.4, 0.5) is 5.69 Å². The fourth-order valence-electron chi connectivity index (χ4n) is 2.54. The number of hydrogen-bond donors (Lipinski definition) is 1. The third-order valence-corrected chi connectivity index (χ3v) is 5.19. The van der Waals surface area contributed by atoms with Crippen LogP contribution in [0, 0.1) is 0 Å². The number of thioether (sulfide) groups is 1. The van der Waals surface area contributed by atoms with Crippen molar-refractivity contribution in [2.24, 2.45) is 7.05 Å². The second-order valence-corrected chi connectivity index (χ2v) is 7.16. The number of amides is 1. The van der Waals surface area contributed by atoms with Crippen LogP contribution in [0.1, 0.15) is 0 Å². The first-order chi connectivity index (χ1) is 13.5. The van der Waals surface area contributed by atoms with Crippen molar-refractivity contribution in [1.29, 1.82) is 0 Å². The maximum absolute atomic E-state index is 12.3. The van der Waals surface area contributed by atoms with Crippen LogP contribution in [0.5, 0.6) is 11.5 Å². The highest BCUT2D eigenvalue weighted by atomic mass is 35.5. The third-order valence-electron chi connectivity index (χ3n) is 3.93. The Balaban J connectivity index is 1.66. The minimum atomic E-state index is -0.180. The molecule has 146 valence electrons. The van der Waals surface area contributed by atoms with Crippen molar-refractivity contribution < 1.29 is 14.3 Å². The third kappa shape index (κ3) is 4.58. The zero-order valence-electron chi connectivity index (χ0n) is 15.6. The Morgan fingerprint density at radius 2 is 2.00 bits per heavy atom. The van der Waals surface area contributed by atoms with Gasteiger partial charge in [0.25, 0.3) is 0 Å². The number of rotatable bonds is 7. The Labute approximate surface area is 172 Å². The van der Waals surface area contributed by atoms with E-state index < -0.39 is 0 Å². The van der Waals surface area contributed by atoms with Crippen LogP contribution in [0.2, 0.25) is 5.02 Å². The minimum Gasteiger partial charge on any atom is -0.497 e. The van der Waals surface area contributed by atoms with E-state index in [0.717, 1.165) is 5.56 Å². The topological polar surface area (TPSA) is 78.3 Å². The number of halogens is 1. The predicted molar refractivity (Wildman–Crippen MR) is 110 cm³/mol. The molecule has 0 spiro atoms. The van der Waals surface area contributed by atoms with Gasteiger partial charge in [-0.1, -0.05) is 35.5 Å². The van der Waals surface area contributed by atoms with Crippen LogP contribution in [-0.2, 0) is 11.8 Å². The van der Waals surface area contributed by atoms with Crippen molar-refractivity contribution in [3.05, 3.63) is 47.5 Å². The Morgan fingerprint density at radius 3 is 2.71 bits per heavy atom. The average molecular weight is 419 g/mol. The van der Waals surface area contributed by atoms with Gasteiger partial charge in [-0.2, -0.15) is 0 Å². The molecule has 0 radical (unpaired) electrons. The molecule has 3 rings (SSSR count). The van der Waals surface area contributed by atoms with E-state index in [9.17, 15) is 4.79 Å². The molecule has 1 N–H and O–H groups in total. The molecule has 0 atom stereocenters. The van der Waals surface area contributed by atoms with Gasteiger partial charge in [-0.15, -0.1) is 10.2 Å². The summed E-state index contributed by atoms with van der Waals surface area (Å²) in [7, 11) is 4.96. The highest BCUT2D eigenvalue weighted by molar-refractivity contribution is 7.99. The largest absolute Gasteiger partial charge is 0.497 e. The number of anilines is 1. The van der Waals surface area contributed by atoms with Crippen LogP contribution >= 0.6 is 23.4 Å². The van der Waals surface area contributed by atoms with Crippen LogP contribution in [-0.4, -0.2) is 40.6 Å². The van der Waals surface area contributed by atoms with Crippen molar-refractivity contribution in [1.82, 2.24) is 14.8 Å². The second kappa shape index (κ2) is 8.99. The van der Waals surface area contributed by atoms with Crippen molar-refractivity contribution in [2.45, 2.75) is 5.16 Å². The molecule has 3 aromatic rings. The van der Waals surface area contributed by atoms with Gasteiger partial charge in [0.1, 0.15) is 11.5 Å². The smallest absolute Gasteiger partial charge is 0.234 e. The van der Waals surface area contributed by atoms with Gasteiger partial charge < -0.3 is 19.4 Å². The number of ether oxygens (including phenoxy) is 2. The molecular formula is C19H19ClN4O3S. The first kappa shape index (κ1) is 20.0. The summed E-state index contributed by atoms with van der Waals surface area (Å²) in [6.45, 7) is 0. The zero-order valence-corrected chi connectivity index (χ0v) is 17.2. The molecule has 28 heavy (non-hydrogen) atoms. The molecule has 0 aliphatic heterocycles. The van der Waals surface area contributed by atoms with Gasteiger partial charge in [-0.05, 0) is 24.3 Å². The molecule has 0 bridgehead atoms. The van der Waals surface area contributed by atoms with Gasteiger partial charge >= 0.3 is 0 Å². The highest BCUT2D eigenvalue weighted by Crippen LogP contribution is 2.29. The second-order valence-electron chi connectivity index (χ2n) is 5.78. The number of nitrogens with zero attached hydrogens (tertiary/aromatic N) is 3. The average Bonchev–Trinajstić information content (AvgIpc) is 3.07. The van der Waals surface area contributed by atoms with E-state index in [4.69, 9.17) is 21.1 Å². The van der Waals surface area contributed by atoms with Crippen LogP contribution in [0.25, 0.3) is 11.4 Å². The number of benzene rings is 2. The summed E-state index contributed by atoms with van der Waals surface area (Å²) in [6.07, 6.45) is 0. The number of carbonyl (C=O) groups excluding carboxylic acids is 1. The maximum Gasteiger partial charge on any atom is 0.234 e. The van der Waals surface area contributed by atoms with Gasteiger partial charge in [0.2, 0.25) is 5.91 Å². The molecule has 2 aromatic carbocycles. The summed E-state index contributed by atoms with van der Waals surface area (Å²) in [5.74, 6) is 1.86. The molecule has 0 aliphatic rings. The fourth-order valence-corrected chi connectivity index (χ4v) is 3.44. The van der Waals surface area contributed by atoms with Crippen LogP contribution in [0.3, 0.4) is 0 Å². The first-order valence-electron chi connectivity index (χ1n) is 8.32. The van der Waals surface area contributed by atoms with Gasteiger partial charge in [0.15, 0.2) is 11.0 Å². The minimum absolute atomic E-state index is 0.177. The monoisotopic (exact) mass is 418 g/mol. The van der Waals surface area contributed by atoms with Crippen LogP contribution in [0.15, 0.2) is 47.6 Å². The lowest BCUT2D eigenvalue weighted by Crippen LogP contribution is -2.15. The fraction of sp³-hybridized carbons (Fsp3) is 0.211. The van der Waals surface area contributed by atoms with E-state index in [1.54, 1.807) is 31.4 Å². The lowest BCUT2D eigenvalue weighted by atomic mass is 10.2. The predicted octanol–water partition coefficient (Wildman–Crippen LogP) is 3.88. The normalized spacial score (nSPS) is 10.6. The first-order valence-corrected chi connectivity index (χ1v) is 9.68. The van der Waals surface area contributed by atoms with Gasteiger partial charge in [-0.3, -0.25) is 4.79 Å². The Hall–Kier alpha value is -2.71. The van der Waals surface area contributed by atoms with Crippen LogP contribution < -0.4 is 14.8 Å². The van der Waals surface area contributed by atoms with Gasteiger partial charge in [0.05, 0.1) is 25.7 Å². The quantitative estimate of drug-likeness (QED) is 0.586. The summed E-state index contributed by atoms with van der Waals surface area (Å²) in [5, 5.41) is 12.5. The standard InChI is InChI=1S/C19H19ClN4O3S/c1-24-18(12-5-4-6-13(20)9-12)22-23-19(24)28-11-17(25)21-15-8-7-14(26-2)10-16(15)27-3/h4-10H,11H2,1-3H3,(H,21,25). The highest BCUT2D eigenvalue weighted by Gasteiger charge is 2.14. The van der Waals surface area contributed by atoms with E-state index in [1.165, 1.54) is 18.9 Å². The maximum atomic E-state index is 12.3. The Bertz CT molecular complexity index is 993. The number of nitrogens with one attached hydrogen (secondary N) is 1. The van der Waals surface area contributed by atoms with E-state index in [1.807, 2.05) is 29.8 Å². The van der Waals surface area contributed by atoms with E-state index in [-0.39, 0.29) is 11.7 Å².